The van der Waals surface area contributed by atoms with Crippen molar-refractivity contribution in [3.05, 3.63) is 94.4 Å². The first-order valence-electron chi connectivity index (χ1n) is 10.5. The van der Waals surface area contributed by atoms with E-state index in [1.807, 2.05) is 51.1 Å². The van der Waals surface area contributed by atoms with Gasteiger partial charge in [0.05, 0.1) is 5.75 Å². The Morgan fingerprint density at radius 2 is 1.88 bits per heavy atom. The second-order valence-electron chi connectivity index (χ2n) is 7.78. The Morgan fingerprint density at radius 3 is 2.64 bits per heavy atom. The molecule has 170 valence electrons. The zero-order valence-electron chi connectivity index (χ0n) is 18.7. The standard InChI is InChI=1S/C25H24FN3O3S/c1-16-5-4-6-21(11-16)31-14-24-27-28-25(32-24)33-15-23(30)22-12-17(2)29(18(22)3)13-19-7-9-20(26)10-8-19/h4-12H,13-15H2,1-3H3. The van der Waals surface area contributed by atoms with Crippen LogP contribution in [0.1, 0.15) is 38.8 Å². The number of ketones is 1. The average molecular weight is 466 g/mol. The molecular formula is C25H24FN3O3S. The van der Waals surface area contributed by atoms with Gasteiger partial charge >= 0.3 is 0 Å². The molecule has 0 bridgehead atoms. The third-order valence-electron chi connectivity index (χ3n) is 5.25. The van der Waals surface area contributed by atoms with Gasteiger partial charge in [0.15, 0.2) is 12.4 Å². The molecule has 0 aliphatic heterocycles. The van der Waals surface area contributed by atoms with Crippen molar-refractivity contribution in [2.24, 2.45) is 0 Å². The summed E-state index contributed by atoms with van der Waals surface area (Å²) in [6.45, 7) is 6.61. The van der Waals surface area contributed by atoms with Crippen LogP contribution in [0.5, 0.6) is 5.75 Å². The van der Waals surface area contributed by atoms with E-state index < -0.39 is 0 Å². The topological polar surface area (TPSA) is 70.2 Å². The van der Waals surface area contributed by atoms with Gasteiger partial charge in [-0.25, -0.2) is 4.39 Å². The van der Waals surface area contributed by atoms with Crippen molar-refractivity contribution < 1.29 is 18.3 Å². The summed E-state index contributed by atoms with van der Waals surface area (Å²) < 4.78 is 26.5. The molecule has 0 fully saturated rings. The van der Waals surface area contributed by atoms with E-state index in [0.717, 1.165) is 28.3 Å². The van der Waals surface area contributed by atoms with Crippen LogP contribution in [-0.4, -0.2) is 26.3 Å². The first-order chi connectivity index (χ1) is 15.9. The normalized spacial score (nSPS) is 11.0. The van der Waals surface area contributed by atoms with Crippen LogP contribution in [0, 0.1) is 26.6 Å². The molecular weight excluding hydrogens is 441 g/mol. The molecule has 0 spiro atoms. The average Bonchev–Trinajstić information content (AvgIpc) is 3.37. The van der Waals surface area contributed by atoms with Gasteiger partial charge in [-0.05, 0) is 62.2 Å². The largest absolute Gasteiger partial charge is 0.484 e. The molecule has 0 radical (unpaired) electrons. The lowest BCUT2D eigenvalue weighted by atomic mass is 10.2. The molecule has 0 aliphatic rings. The molecule has 0 amide bonds. The molecule has 2 aromatic carbocycles. The van der Waals surface area contributed by atoms with Crippen molar-refractivity contribution in [2.45, 2.75) is 39.1 Å². The molecule has 8 heteroatoms. The second kappa shape index (κ2) is 10.0. The maximum atomic E-state index is 13.2. The number of aromatic nitrogens is 3. The van der Waals surface area contributed by atoms with E-state index in [9.17, 15) is 9.18 Å². The number of rotatable bonds is 9. The SMILES string of the molecule is Cc1cccc(OCc2nnc(SCC(=O)c3cc(C)n(Cc4ccc(F)cc4)c3C)o2)c1. The molecule has 0 atom stereocenters. The van der Waals surface area contributed by atoms with E-state index in [1.54, 1.807) is 12.1 Å². The summed E-state index contributed by atoms with van der Waals surface area (Å²) >= 11 is 1.20. The number of Topliss-reactive ketones (excluding diaryl/α,β-unsaturated/α-hetero) is 1. The van der Waals surface area contributed by atoms with Crippen LogP contribution in [-0.2, 0) is 13.2 Å². The van der Waals surface area contributed by atoms with Gasteiger partial charge in [-0.3, -0.25) is 4.79 Å². The number of halogens is 1. The Kier molecular flexibility index (Phi) is 6.93. The minimum Gasteiger partial charge on any atom is -0.484 e. The number of nitrogens with zero attached hydrogens (tertiary/aromatic N) is 3. The maximum Gasteiger partial charge on any atom is 0.277 e. The molecule has 4 rings (SSSR count). The molecule has 0 unspecified atom stereocenters. The summed E-state index contributed by atoms with van der Waals surface area (Å²) in [6, 6.07) is 16.0. The number of thioether (sulfide) groups is 1. The van der Waals surface area contributed by atoms with Crippen molar-refractivity contribution in [1.29, 1.82) is 0 Å². The van der Waals surface area contributed by atoms with E-state index in [-0.39, 0.29) is 24.0 Å². The van der Waals surface area contributed by atoms with Crippen molar-refractivity contribution in [2.75, 3.05) is 5.75 Å². The minimum atomic E-state index is -0.265. The van der Waals surface area contributed by atoms with Gasteiger partial charge in [0, 0.05) is 23.5 Å². The Labute approximate surface area is 195 Å². The first kappa shape index (κ1) is 22.8. The van der Waals surface area contributed by atoms with Gasteiger partial charge in [-0.15, -0.1) is 10.2 Å². The molecule has 0 aliphatic carbocycles. The lowest BCUT2D eigenvalue weighted by Gasteiger charge is -2.10. The Hall–Kier alpha value is -3.39. The van der Waals surface area contributed by atoms with Crippen LogP contribution >= 0.6 is 11.8 Å². The molecule has 2 heterocycles. The zero-order chi connectivity index (χ0) is 23.4. The number of hydrogen-bond acceptors (Lipinski definition) is 6. The van der Waals surface area contributed by atoms with Crippen LogP contribution in [0.4, 0.5) is 4.39 Å². The third kappa shape index (κ3) is 5.70. The van der Waals surface area contributed by atoms with Crippen LogP contribution in [0.15, 0.2) is 64.2 Å². The number of ether oxygens (including phenoxy) is 1. The summed E-state index contributed by atoms with van der Waals surface area (Å²) in [5.74, 6) is 0.978. The molecule has 0 saturated carbocycles. The first-order valence-corrected chi connectivity index (χ1v) is 11.5. The molecule has 0 saturated heterocycles. The van der Waals surface area contributed by atoms with Gasteiger partial charge in [0.2, 0.25) is 0 Å². The van der Waals surface area contributed by atoms with Gasteiger partial charge in [0.1, 0.15) is 11.6 Å². The minimum absolute atomic E-state index is 0.0192. The van der Waals surface area contributed by atoms with Gasteiger partial charge in [-0.1, -0.05) is 36.0 Å². The number of carbonyl (C=O) groups excluding carboxylic acids is 1. The molecule has 2 aromatic heterocycles. The Bertz CT molecular complexity index is 1260. The Morgan fingerprint density at radius 1 is 1.09 bits per heavy atom. The highest BCUT2D eigenvalue weighted by atomic mass is 32.2. The van der Waals surface area contributed by atoms with Crippen molar-refractivity contribution in [3.8, 4) is 5.75 Å². The number of carbonyl (C=O) groups is 1. The van der Waals surface area contributed by atoms with E-state index in [4.69, 9.17) is 9.15 Å². The van der Waals surface area contributed by atoms with Crippen molar-refractivity contribution in [3.63, 3.8) is 0 Å². The van der Waals surface area contributed by atoms with E-state index in [0.29, 0.717) is 23.2 Å². The fourth-order valence-corrected chi connectivity index (χ4v) is 4.17. The highest BCUT2D eigenvalue weighted by molar-refractivity contribution is 7.99. The van der Waals surface area contributed by atoms with Crippen molar-refractivity contribution in [1.82, 2.24) is 14.8 Å². The van der Waals surface area contributed by atoms with E-state index >= 15 is 0 Å². The van der Waals surface area contributed by atoms with Gasteiger partial charge in [0.25, 0.3) is 11.1 Å². The quantitative estimate of drug-likeness (QED) is 0.239. The van der Waals surface area contributed by atoms with E-state index in [2.05, 4.69) is 14.8 Å². The van der Waals surface area contributed by atoms with Gasteiger partial charge in [-0.2, -0.15) is 0 Å². The predicted octanol–water partition coefficient (Wildman–Crippen LogP) is 5.54. The maximum absolute atomic E-state index is 13.2. The molecule has 33 heavy (non-hydrogen) atoms. The van der Waals surface area contributed by atoms with Crippen LogP contribution in [0.2, 0.25) is 0 Å². The highest BCUT2D eigenvalue weighted by Crippen LogP contribution is 2.23. The fourth-order valence-electron chi connectivity index (χ4n) is 3.51. The zero-order valence-corrected chi connectivity index (χ0v) is 19.5. The Balaban J connectivity index is 1.35. The summed E-state index contributed by atoms with van der Waals surface area (Å²) in [5.41, 5.74) is 4.58. The molecule has 4 aromatic rings. The third-order valence-corrected chi connectivity index (χ3v) is 6.07. The highest BCUT2D eigenvalue weighted by Gasteiger charge is 2.18. The summed E-state index contributed by atoms with van der Waals surface area (Å²) in [4.78, 5) is 12.9. The predicted molar refractivity (Wildman–Crippen MR) is 124 cm³/mol. The summed E-state index contributed by atoms with van der Waals surface area (Å²) in [7, 11) is 0. The monoisotopic (exact) mass is 465 g/mol. The summed E-state index contributed by atoms with van der Waals surface area (Å²) in [6.07, 6.45) is 0. The van der Waals surface area contributed by atoms with E-state index in [1.165, 1.54) is 23.9 Å². The molecule has 0 N–H and O–H groups in total. The number of hydrogen-bond donors (Lipinski definition) is 0. The lowest BCUT2D eigenvalue weighted by molar-refractivity contribution is 0.102. The van der Waals surface area contributed by atoms with Crippen LogP contribution in [0.25, 0.3) is 0 Å². The van der Waals surface area contributed by atoms with Crippen molar-refractivity contribution >= 4 is 17.5 Å². The summed E-state index contributed by atoms with van der Waals surface area (Å²) in [5, 5.41) is 8.31. The number of benzene rings is 2. The lowest BCUT2D eigenvalue weighted by Crippen LogP contribution is -2.07. The fraction of sp³-hybridized carbons (Fsp3) is 0.240. The van der Waals surface area contributed by atoms with Gasteiger partial charge < -0.3 is 13.7 Å². The smallest absolute Gasteiger partial charge is 0.277 e. The van der Waals surface area contributed by atoms with Crippen LogP contribution in [0.3, 0.4) is 0 Å². The van der Waals surface area contributed by atoms with Crippen LogP contribution < -0.4 is 4.74 Å². The second-order valence-corrected chi connectivity index (χ2v) is 8.70. The number of aryl methyl sites for hydroxylation is 2. The molecule has 6 nitrogen and oxygen atoms in total.